The number of H-pyrrole nitrogens is 1. The molecule has 2 N–H and O–H groups in total. The molecule has 0 atom stereocenters. The van der Waals surface area contributed by atoms with Gasteiger partial charge in [0.05, 0.1) is 0 Å². The number of hydrogen-bond acceptors (Lipinski definition) is 1. The molecular weight excluding hydrogens is 291 g/mol. The molecule has 3 aromatic rings. The van der Waals surface area contributed by atoms with E-state index in [0.717, 1.165) is 17.5 Å². The summed E-state index contributed by atoms with van der Waals surface area (Å²) < 4.78 is 12.8. The van der Waals surface area contributed by atoms with Crippen molar-refractivity contribution >= 4 is 16.8 Å². The second kappa shape index (κ2) is 7.09. The molecule has 0 aliphatic rings. The molecular formula is C19H19FN2O. The second-order valence-corrected chi connectivity index (χ2v) is 5.59. The molecule has 118 valence electrons. The molecule has 1 heterocycles. The second-order valence-electron chi connectivity index (χ2n) is 5.59. The number of para-hydroxylation sites is 1. The molecule has 0 radical (unpaired) electrons. The van der Waals surface area contributed by atoms with Gasteiger partial charge >= 0.3 is 0 Å². The first-order chi connectivity index (χ1) is 11.2. The van der Waals surface area contributed by atoms with Gasteiger partial charge in [-0.05, 0) is 42.2 Å². The Kier molecular flexibility index (Phi) is 4.71. The largest absolute Gasteiger partial charge is 0.361 e. The van der Waals surface area contributed by atoms with E-state index in [1.807, 2.05) is 24.4 Å². The number of hydrogen-bond donors (Lipinski definition) is 2. The zero-order valence-electron chi connectivity index (χ0n) is 12.8. The highest BCUT2D eigenvalue weighted by atomic mass is 19.1. The molecule has 2 aromatic carbocycles. The third-order valence-corrected chi connectivity index (χ3v) is 3.95. The number of amides is 1. The van der Waals surface area contributed by atoms with Gasteiger partial charge < -0.3 is 10.3 Å². The summed E-state index contributed by atoms with van der Waals surface area (Å²) in [5.41, 5.74) is 3.29. The van der Waals surface area contributed by atoms with Gasteiger partial charge in [-0.15, -0.1) is 0 Å². The Labute approximate surface area is 134 Å². The number of benzene rings is 2. The van der Waals surface area contributed by atoms with Crippen LogP contribution in [0.25, 0.3) is 10.9 Å². The summed E-state index contributed by atoms with van der Waals surface area (Å²) in [6.45, 7) is 0.615. The molecule has 0 spiro atoms. The predicted molar refractivity (Wildman–Crippen MR) is 89.7 cm³/mol. The van der Waals surface area contributed by atoms with Gasteiger partial charge in [0.15, 0.2) is 0 Å². The van der Waals surface area contributed by atoms with Crippen molar-refractivity contribution < 1.29 is 9.18 Å². The van der Waals surface area contributed by atoms with Crippen LogP contribution >= 0.6 is 0 Å². The van der Waals surface area contributed by atoms with Crippen LogP contribution in [-0.4, -0.2) is 17.4 Å². The molecule has 0 aliphatic heterocycles. The Bertz CT molecular complexity index is 792. The smallest absolute Gasteiger partial charge is 0.220 e. The van der Waals surface area contributed by atoms with Crippen LogP contribution in [0.3, 0.4) is 0 Å². The highest BCUT2D eigenvalue weighted by Gasteiger charge is 2.05. The van der Waals surface area contributed by atoms with Crippen molar-refractivity contribution in [2.24, 2.45) is 0 Å². The Balaban J connectivity index is 1.45. The first-order valence-corrected chi connectivity index (χ1v) is 7.78. The molecule has 1 aromatic heterocycles. The Morgan fingerprint density at radius 2 is 1.83 bits per heavy atom. The standard InChI is InChI=1S/C19H19FN2O/c20-16-8-5-14(6-9-16)7-10-19(23)21-12-11-15-13-22-18-4-2-1-3-17(15)18/h1-6,8-9,13,22H,7,10-12H2,(H,21,23). The molecule has 0 fully saturated rings. The van der Waals surface area contributed by atoms with Gasteiger partial charge in [0, 0.05) is 30.1 Å². The Morgan fingerprint density at radius 3 is 2.65 bits per heavy atom. The lowest BCUT2D eigenvalue weighted by molar-refractivity contribution is -0.121. The monoisotopic (exact) mass is 310 g/mol. The summed E-state index contributed by atoms with van der Waals surface area (Å²) >= 11 is 0. The number of rotatable bonds is 6. The third-order valence-electron chi connectivity index (χ3n) is 3.95. The van der Waals surface area contributed by atoms with Crippen LogP contribution in [0.1, 0.15) is 17.5 Å². The lowest BCUT2D eigenvalue weighted by atomic mass is 10.1. The summed E-state index contributed by atoms with van der Waals surface area (Å²) in [5, 5.41) is 4.14. The SMILES string of the molecule is O=C(CCc1ccc(F)cc1)NCCc1c[nH]c2ccccc12. The fraction of sp³-hybridized carbons (Fsp3) is 0.211. The number of halogens is 1. The van der Waals surface area contributed by atoms with Crippen molar-refractivity contribution in [1.82, 2.24) is 10.3 Å². The molecule has 0 bridgehead atoms. The number of nitrogens with one attached hydrogen (secondary N) is 2. The van der Waals surface area contributed by atoms with Crippen molar-refractivity contribution in [3.8, 4) is 0 Å². The first kappa shape index (κ1) is 15.3. The van der Waals surface area contributed by atoms with Gasteiger partial charge in [-0.1, -0.05) is 30.3 Å². The maximum Gasteiger partial charge on any atom is 0.220 e. The average molecular weight is 310 g/mol. The minimum atomic E-state index is -0.253. The Morgan fingerprint density at radius 1 is 1.04 bits per heavy atom. The molecule has 0 aliphatic carbocycles. The Hall–Kier alpha value is -2.62. The van der Waals surface area contributed by atoms with Gasteiger partial charge in [-0.3, -0.25) is 4.79 Å². The molecule has 23 heavy (non-hydrogen) atoms. The van der Waals surface area contributed by atoms with E-state index in [2.05, 4.69) is 16.4 Å². The molecule has 0 saturated carbocycles. The van der Waals surface area contributed by atoms with Crippen LogP contribution in [0.15, 0.2) is 54.7 Å². The van der Waals surface area contributed by atoms with E-state index in [9.17, 15) is 9.18 Å². The van der Waals surface area contributed by atoms with E-state index in [-0.39, 0.29) is 11.7 Å². The van der Waals surface area contributed by atoms with Crippen LogP contribution in [0.4, 0.5) is 4.39 Å². The maximum absolute atomic E-state index is 12.8. The summed E-state index contributed by atoms with van der Waals surface area (Å²) in [5.74, 6) is -0.230. The molecule has 0 unspecified atom stereocenters. The van der Waals surface area contributed by atoms with E-state index in [1.54, 1.807) is 12.1 Å². The topological polar surface area (TPSA) is 44.9 Å². The van der Waals surface area contributed by atoms with Crippen LogP contribution in [0, 0.1) is 5.82 Å². The fourth-order valence-corrected chi connectivity index (χ4v) is 2.67. The van der Waals surface area contributed by atoms with Crippen molar-refractivity contribution in [2.75, 3.05) is 6.54 Å². The van der Waals surface area contributed by atoms with Crippen molar-refractivity contribution in [1.29, 1.82) is 0 Å². The van der Waals surface area contributed by atoms with Crippen LogP contribution in [0.2, 0.25) is 0 Å². The lowest BCUT2D eigenvalue weighted by Gasteiger charge is -2.05. The van der Waals surface area contributed by atoms with Gasteiger partial charge in [0.2, 0.25) is 5.91 Å². The van der Waals surface area contributed by atoms with E-state index in [0.29, 0.717) is 19.4 Å². The number of fused-ring (bicyclic) bond motifs is 1. The first-order valence-electron chi connectivity index (χ1n) is 7.78. The maximum atomic E-state index is 12.8. The zero-order valence-corrected chi connectivity index (χ0v) is 12.8. The van der Waals surface area contributed by atoms with Crippen LogP contribution in [-0.2, 0) is 17.6 Å². The number of carbonyl (C=O) groups is 1. The van der Waals surface area contributed by atoms with Crippen molar-refractivity contribution in [3.63, 3.8) is 0 Å². The summed E-state index contributed by atoms with van der Waals surface area (Å²) in [4.78, 5) is 15.1. The van der Waals surface area contributed by atoms with Gasteiger partial charge in [0.1, 0.15) is 5.82 Å². The van der Waals surface area contributed by atoms with Gasteiger partial charge in [0.25, 0.3) is 0 Å². The van der Waals surface area contributed by atoms with Crippen LogP contribution in [0.5, 0.6) is 0 Å². The minimum absolute atomic E-state index is 0.0224. The molecule has 1 amide bonds. The highest BCUT2D eigenvalue weighted by Crippen LogP contribution is 2.17. The number of aryl methyl sites for hydroxylation is 1. The van der Waals surface area contributed by atoms with E-state index in [4.69, 9.17) is 0 Å². The highest BCUT2D eigenvalue weighted by molar-refractivity contribution is 5.83. The summed E-state index contributed by atoms with van der Waals surface area (Å²) in [6.07, 6.45) is 3.83. The van der Waals surface area contributed by atoms with Crippen molar-refractivity contribution in [2.45, 2.75) is 19.3 Å². The van der Waals surface area contributed by atoms with E-state index >= 15 is 0 Å². The van der Waals surface area contributed by atoms with Crippen molar-refractivity contribution in [3.05, 3.63) is 71.7 Å². The molecule has 3 rings (SSSR count). The predicted octanol–water partition coefficient (Wildman–Crippen LogP) is 3.60. The fourth-order valence-electron chi connectivity index (χ4n) is 2.67. The van der Waals surface area contributed by atoms with Crippen LogP contribution < -0.4 is 5.32 Å². The normalized spacial score (nSPS) is 10.8. The number of carbonyl (C=O) groups excluding carboxylic acids is 1. The third kappa shape index (κ3) is 3.97. The zero-order chi connectivity index (χ0) is 16.1. The minimum Gasteiger partial charge on any atom is -0.361 e. The average Bonchev–Trinajstić information content (AvgIpc) is 2.98. The number of aromatic amines is 1. The summed E-state index contributed by atoms with van der Waals surface area (Å²) in [6, 6.07) is 14.4. The molecule has 0 saturated heterocycles. The molecule has 4 heteroatoms. The quantitative estimate of drug-likeness (QED) is 0.718. The number of aromatic nitrogens is 1. The summed E-state index contributed by atoms with van der Waals surface area (Å²) in [7, 11) is 0. The molecule has 3 nitrogen and oxygen atoms in total. The van der Waals surface area contributed by atoms with Gasteiger partial charge in [-0.25, -0.2) is 4.39 Å². The van der Waals surface area contributed by atoms with E-state index in [1.165, 1.54) is 23.1 Å². The lowest BCUT2D eigenvalue weighted by Crippen LogP contribution is -2.25. The van der Waals surface area contributed by atoms with E-state index < -0.39 is 0 Å². The van der Waals surface area contributed by atoms with Gasteiger partial charge in [-0.2, -0.15) is 0 Å².